The third-order valence-corrected chi connectivity index (χ3v) is 2.94. The molecule has 94 valence electrons. The van der Waals surface area contributed by atoms with Crippen LogP contribution in [0.2, 0.25) is 0 Å². The summed E-state index contributed by atoms with van der Waals surface area (Å²) in [6.45, 7) is 1.87. The zero-order valence-electron chi connectivity index (χ0n) is 10.5. The average Bonchev–Trinajstić information content (AvgIpc) is 2.82. The lowest BCUT2D eigenvalue weighted by molar-refractivity contribution is 0.492. The Hall–Kier alpha value is -2.63. The highest BCUT2D eigenvalue weighted by molar-refractivity contribution is 5.38. The van der Waals surface area contributed by atoms with Crippen LogP contribution in [-0.4, -0.2) is 15.6 Å². The predicted octanol–water partition coefficient (Wildman–Crippen LogP) is 1.56. The van der Waals surface area contributed by atoms with Crippen molar-refractivity contribution in [1.82, 2.24) is 9.55 Å². The van der Waals surface area contributed by atoms with E-state index >= 15 is 0 Å². The van der Waals surface area contributed by atoms with Gasteiger partial charge in [-0.3, -0.25) is 0 Å². The van der Waals surface area contributed by atoms with Crippen LogP contribution in [0.4, 0.5) is 0 Å². The molecular weight excluding hydrogens is 238 g/mol. The first-order chi connectivity index (χ1) is 9.19. The van der Waals surface area contributed by atoms with Crippen molar-refractivity contribution in [1.29, 1.82) is 10.5 Å². The molecule has 0 aliphatic heterocycles. The molecule has 1 heterocycles. The van der Waals surface area contributed by atoms with Crippen LogP contribution in [0.1, 0.15) is 29.9 Å². The van der Waals surface area contributed by atoms with Gasteiger partial charge < -0.3 is 10.3 Å². The first-order valence-electron chi connectivity index (χ1n) is 5.86. The lowest BCUT2D eigenvalue weighted by Crippen LogP contribution is -2.30. The van der Waals surface area contributed by atoms with Crippen molar-refractivity contribution in [3.8, 4) is 12.1 Å². The van der Waals surface area contributed by atoms with Gasteiger partial charge >= 0.3 is 0 Å². The van der Waals surface area contributed by atoms with Crippen molar-refractivity contribution in [3.63, 3.8) is 0 Å². The number of nitriles is 2. The molecule has 0 saturated carbocycles. The third-order valence-electron chi connectivity index (χ3n) is 2.94. The number of benzene rings is 1. The predicted molar refractivity (Wildman–Crippen MR) is 69.9 cm³/mol. The maximum Gasteiger partial charge on any atom is 0.176 e. The van der Waals surface area contributed by atoms with E-state index in [0.29, 0.717) is 0 Å². The number of nitrogens with two attached hydrogens (primary N) is 1. The monoisotopic (exact) mass is 251 g/mol. The molecule has 0 aliphatic rings. The molecule has 5 heteroatoms. The highest BCUT2D eigenvalue weighted by atomic mass is 15.1. The van der Waals surface area contributed by atoms with Gasteiger partial charge in [0, 0.05) is 6.04 Å². The van der Waals surface area contributed by atoms with Gasteiger partial charge in [0.25, 0.3) is 0 Å². The van der Waals surface area contributed by atoms with E-state index < -0.39 is 0 Å². The summed E-state index contributed by atoms with van der Waals surface area (Å²) >= 11 is 0. The summed E-state index contributed by atoms with van der Waals surface area (Å²) in [7, 11) is 0. The summed E-state index contributed by atoms with van der Waals surface area (Å²) in [6, 6.07) is 13.2. The molecule has 0 spiro atoms. The largest absolute Gasteiger partial charge is 0.326 e. The Morgan fingerprint density at radius 3 is 2.42 bits per heavy atom. The lowest BCUT2D eigenvalue weighted by atomic mass is 10.0. The van der Waals surface area contributed by atoms with E-state index in [4.69, 9.17) is 11.0 Å². The van der Waals surface area contributed by atoms with Gasteiger partial charge in [-0.2, -0.15) is 10.5 Å². The van der Waals surface area contributed by atoms with Gasteiger partial charge in [0.2, 0.25) is 0 Å². The standard InChI is InChI=1S/C14H13N5/c1-10(17)14(11-5-3-2-4-6-11)19-9-18-12(7-15)13(19)8-16/h2-6,9-10,14H,17H2,1H3. The SMILES string of the molecule is CC(N)C(c1ccccc1)n1cnc(C#N)c1C#N. The summed E-state index contributed by atoms with van der Waals surface area (Å²) in [5, 5.41) is 18.1. The number of nitrogens with zero attached hydrogens (tertiary/aromatic N) is 4. The second-order valence-corrected chi connectivity index (χ2v) is 4.29. The van der Waals surface area contributed by atoms with Crippen molar-refractivity contribution >= 4 is 0 Å². The van der Waals surface area contributed by atoms with Gasteiger partial charge in [-0.15, -0.1) is 0 Å². The van der Waals surface area contributed by atoms with Gasteiger partial charge in [-0.1, -0.05) is 30.3 Å². The average molecular weight is 251 g/mol. The molecule has 2 aromatic rings. The van der Waals surface area contributed by atoms with E-state index in [0.717, 1.165) is 5.56 Å². The zero-order valence-corrected chi connectivity index (χ0v) is 10.5. The number of hydrogen-bond donors (Lipinski definition) is 1. The molecule has 5 nitrogen and oxygen atoms in total. The van der Waals surface area contributed by atoms with Crippen molar-refractivity contribution in [2.45, 2.75) is 19.0 Å². The van der Waals surface area contributed by atoms with Gasteiger partial charge in [0.15, 0.2) is 11.4 Å². The van der Waals surface area contributed by atoms with E-state index in [-0.39, 0.29) is 23.5 Å². The van der Waals surface area contributed by atoms with Crippen molar-refractivity contribution in [2.75, 3.05) is 0 Å². The number of aromatic nitrogens is 2. The Kier molecular flexibility index (Phi) is 3.61. The molecule has 2 rings (SSSR count). The molecule has 19 heavy (non-hydrogen) atoms. The molecule has 0 aliphatic carbocycles. The Bertz CT molecular complexity index is 643. The molecule has 1 aromatic heterocycles. The fraction of sp³-hybridized carbons (Fsp3) is 0.214. The van der Waals surface area contributed by atoms with Crippen LogP contribution in [0.25, 0.3) is 0 Å². The van der Waals surface area contributed by atoms with E-state index in [2.05, 4.69) is 4.98 Å². The smallest absolute Gasteiger partial charge is 0.176 e. The molecule has 0 fully saturated rings. The highest BCUT2D eigenvalue weighted by Gasteiger charge is 2.22. The topological polar surface area (TPSA) is 91.4 Å². The maximum atomic E-state index is 9.19. The molecule has 0 radical (unpaired) electrons. The van der Waals surface area contributed by atoms with Crippen LogP contribution in [0, 0.1) is 22.7 Å². The summed E-state index contributed by atoms with van der Waals surface area (Å²) in [5.41, 5.74) is 7.39. The Balaban J connectivity index is 2.57. The summed E-state index contributed by atoms with van der Waals surface area (Å²) < 4.78 is 1.67. The van der Waals surface area contributed by atoms with Gasteiger partial charge in [-0.05, 0) is 12.5 Å². The minimum atomic E-state index is -0.217. The zero-order chi connectivity index (χ0) is 13.8. The van der Waals surface area contributed by atoms with Crippen molar-refractivity contribution < 1.29 is 0 Å². The first-order valence-corrected chi connectivity index (χ1v) is 5.86. The van der Waals surface area contributed by atoms with Gasteiger partial charge in [0.05, 0.1) is 12.4 Å². The number of rotatable bonds is 3. The normalized spacial score (nSPS) is 13.3. The summed E-state index contributed by atoms with van der Waals surface area (Å²) in [4.78, 5) is 3.96. The molecule has 1 aromatic carbocycles. The molecule has 0 bridgehead atoms. The van der Waals surface area contributed by atoms with Crippen LogP contribution >= 0.6 is 0 Å². The number of imidazole rings is 1. The molecule has 2 unspecified atom stereocenters. The highest BCUT2D eigenvalue weighted by Crippen LogP contribution is 2.23. The van der Waals surface area contributed by atoms with Crippen LogP contribution in [-0.2, 0) is 0 Å². The minimum Gasteiger partial charge on any atom is -0.326 e. The van der Waals surface area contributed by atoms with Crippen LogP contribution in [0.5, 0.6) is 0 Å². The lowest BCUT2D eigenvalue weighted by Gasteiger charge is -2.23. The van der Waals surface area contributed by atoms with Gasteiger partial charge in [-0.25, -0.2) is 4.98 Å². The Morgan fingerprint density at radius 2 is 1.89 bits per heavy atom. The van der Waals surface area contributed by atoms with E-state index in [9.17, 15) is 5.26 Å². The third kappa shape index (κ3) is 2.33. The second-order valence-electron chi connectivity index (χ2n) is 4.29. The number of hydrogen-bond acceptors (Lipinski definition) is 4. The fourth-order valence-corrected chi connectivity index (χ4v) is 2.13. The molecule has 0 amide bonds. The molecule has 2 atom stereocenters. The fourth-order valence-electron chi connectivity index (χ4n) is 2.13. The Labute approximate surface area is 111 Å². The van der Waals surface area contributed by atoms with Crippen LogP contribution in [0.3, 0.4) is 0 Å². The van der Waals surface area contributed by atoms with Gasteiger partial charge in [0.1, 0.15) is 12.1 Å². The minimum absolute atomic E-state index is 0.129. The van der Waals surface area contributed by atoms with E-state index in [1.807, 2.05) is 49.4 Å². The van der Waals surface area contributed by atoms with E-state index in [1.165, 1.54) is 6.33 Å². The molecule has 2 N–H and O–H groups in total. The Morgan fingerprint density at radius 1 is 1.21 bits per heavy atom. The summed E-state index contributed by atoms with van der Waals surface area (Å²) in [6.07, 6.45) is 1.50. The molecular formula is C14H13N5. The van der Waals surface area contributed by atoms with Crippen molar-refractivity contribution in [2.24, 2.45) is 5.73 Å². The summed E-state index contributed by atoms with van der Waals surface area (Å²) in [5.74, 6) is 0. The van der Waals surface area contributed by atoms with Crippen LogP contribution < -0.4 is 5.73 Å². The van der Waals surface area contributed by atoms with Crippen molar-refractivity contribution in [3.05, 3.63) is 53.6 Å². The maximum absolute atomic E-state index is 9.19. The van der Waals surface area contributed by atoms with Crippen LogP contribution in [0.15, 0.2) is 36.7 Å². The first kappa shape index (κ1) is 12.8. The quantitative estimate of drug-likeness (QED) is 0.896. The second kappa shape index (κ2) is 5.34. The van der Waals surface area contributed by atoms with E-state index in [1.54, 1.807) is 4.57 Å². The molecule has 0 saturated heterocycles.